The van der Waals surface area contributed by atoms with Crippen molar-refractivity contribution in [3.63, 3.8) is 0 Å². The number of nitrogens with zero attached hydrogens (tertiary/aromatic N) is 2. The molecule has 0 aliphatic carbocycles. The van der Waals surface area contributed by atoms with Crippen LogP contribution in [0.1, 0.15) is 30.8 Å². The Bertz CT molecular complexity index is 707. The molecule has 0 fully saturated rings. The van der Waals surface area contributed by atoms with Gasteiger partial charge in [0, 0.05) is 11.5 Å². The highest BCUT2D eigenvalue weighted by Gasteiger charge is 2.17. The summed E-state index contributed by atoms with van der Waals surface area (Å²) in [5, 5.41) is 3.02. The number of rotatable bonds is 6. The highest BCUT2D eigenvalue weighted by molar-refractivity contribution is 7.09. The molecule has 1 N–H and O–H groups in total. The molecule has 7 heteroatoms. The lowest BCUT2D eigenvalue weighted by molar-refractivity contribution is -0.122. The van der Waals surface area contributed by atoms with Crippen molar-refractivity contribution in [3.8, 4) is 5.75 Å². The molecule has 0 radical (unpaired) electrons. The number of aryl methyl sites for hydroxylation is 2. The molecular formula is C16H19N3O3S. The van der Waals surface area contributed by atoms with E-state index in [0.29, 0.717) is 16.7 Å². The molecule has 6 nitrogen and oxygen atoms in total. The molecule has 2 aromatic rings. The van der Waals surface area contributed by atoms with E-state index >= 15 is 0 Å². The number of aromatic nitrogens is 2. The first-order valence-electron chi connectivity index (χ1n) is 7.21. The average molecular weight is 333 g/mol. The first kappa shape index (κ1) is 17.1. The van der Waals surface area contributed by atoms with Gasteiger partial charge in [-0.1, -0.05) is 6.07 Å². The van der Waals surface area contributed by atoms with E-state index in [1.165, 1.54) is 6.92 Å². The van der Waals surface area contributed by atoms with Gasteiger partial charge in [0.05, 0.1) is 6.42 Å². The summed E-state index contributed by atoms with van der Waals surface area (Å²) in [5.74, 6) is 0.738. The molecule has 2 rings (SSSR count). The Hall–Kier alpha value is -2.28. The van der Waals surface area contributed by atoms with Gasteiger partial charge in [0.1, 0.15) is 11.5 Å². The standard InChI is InChI=1S/C16H19N3O3S/c1-9-5-10(2)7-13(6-9)22-12(4)15(21)18-16-17-14(19-23-16)8-11(3)20/h5-7,12H,8H2,1-4H3,(H,17,18,19,21). The summed E-state index contributed by atoms with van der Waals surface area (Å²) in [6.45, 7) is 7.09. The second kappa shape index (κ2) is 7.32. The molecule has 23 heavy (non-hydrogen) atoms. The third-order valence-corrected chi connectivity index (χ3v) is 3.65. The maximum absolute atomic E-state index is 12.2. The molecule has 1 unspecified atom stereocenters. The zero-order valence-corrected chi connectivity index (χ0v) is 14.4. The first-order chi connectivity index (χ1) is 10.8. The lowest BCUT2D eigenvalue weighted by Gasteiger charge is -2.14. The van der Waals surface area contributed by atoms with Crippen molar-refractivity contribution in [2.45, 2.75) is 40.2 Å². The highest BCUT2D eigenvalue weighted by atomic mass is 32.1. The van der Waals surface area contributed by atoms with Crippen LogP contribution in [0.4, 0.5) is 5.13 Å². The number of carbonyl (C=O) groups excluding carboxylic acids is 2. The highest BCUT2D eigenvalue weighted by Crippen LogP contribution is 2.18. The second-order valence-corrected chi connectivity index (χ2v) is 6.22. The quantitative estimate of drug-likeness (QED) is 0.879. The third kappa shape index (κ3) is 5.14. The summed E-state index contributed by atoms with van der Waals surface area (Å²) in [6.07, 6.45) is -0.502. The molecule has 1 aromatic carbocycles. The maximum Gasteiger partial charge on any atom is 0.266 e. The molecule has 1 atom stereocenters. The number of ketones is 1. The third-order valence-electron chi connectivity index (χ3n) is 2.98. The molecular weight excluding hydrogens is 314 g/mol. The van der Waals surface area contributed by atoms with Gasteiger partial charge in [0.2, 0.25) is 5.13 Å². The average Bonchev–Trinajstić information content (AvgIpc) is 2.83. The van der Waals surface area contributed by atoms with Gasteiger partial charge in [-0.25, -0.2) is 4.98 Å². The molecule has 122 valence electrons. The predicted molar refractivity (Wildman–Crippen MR) is 88.9 cm³/mol. The number of nitrogens with one attached hydrogen (secondary N) is 1. The Labute approximate surface area is 139 Å². The molecule has 0 saturated heterocycles. The minimum Gasteiger partial charge on any atom is -0.481 e. The van der Waals surface area contributed by atoms with Gasteiger partial charge in [-0.2, -0.15) is 4.37 Å². The molecule has 0 bridgehead atoms. The minimum absolute atomic E-state index is 0.0211. The van der Waals surface area contributed by atoms with Crippen LogP contribution in [0.5, 0.6) is 5.75 Å². The van der Waals surface area contributed by atoms with Gasteiger partial charge in [-0.3, -0.25) is 14.9 Å². The Balaban J connectivity index is 1.96. The summed E-state index contributed by atoms with van der Waals surface area (Å²) in [4.78, 5) is 27.3. The topological polar surface area (TPSA) is 81.2 Å². The number of amides is 1. The van der Waals surface area contributed by atoms with Crippen LogP contribution in [0.25, 0.3) is 0 Å². The normalized spacial score (nSPS) is 11.8. The molecule has 1 aromatic heterocycles. The van der Waals surface area contributed by atoms with Crippen LogP contribution < -0.4 is 10.1 Å². The van der Waals surface area contributed by atoms with E-state index in [0.717, 1.165) is 22.7 Å². The fourth-order valence-electron chi connectivity index (χ4n) is 2.06. The lowest BCUT2D eigenvalue weighted by Crippen LogP contribution is -2.30. The molecule has 0 saturated carbocycles. The zero-order valence-electron chi connectivity index (χ0n) is 13.5. The summed E-state index contributed by atoms with van der Waals surface area (Å²) < 4.78 is 9.70. The van der Waals surface area contributed by atoms with E-state index in [4.69, 9.17) is 4.74 Å². The lowest BCUT2D eigenvalue weighted by atomic mass is 10.1. The molecule has 0 spiro atoms. The van der Waals surface area contributed by atoms with Crippen LogP contribution in [-0.2, 0) is 16.0 Å². The van der Waals surface area contributed by atoms with Crippen LogP contribution >= 0.6 is 11.5 Å². The van der Waals surface area contributed by atoms with Crippen molar-refractivity contribution >= 4 is 28.4 Å². The second-order valence-electron chi connectivity index (χ2n) is 5.47. The Morgan fingerprint density at radius 1 is 1.26 bits per heavy atom. The summed E-state index contributed by atoms with van der Waals surface area (Å²) in [7, 11) is 0. The van der Waals surface area contributed by atoms with E-state index in [2.05, 4.69) is 14.7 Å². The SMILES string of the molecule is CC(=O)Cc1nsc(NC(=O)C(C)Oc2cc(C)cc(C)c2)n1. The van der Waals surface area contributed by atoms with E-state index in [1.54, 1.807) is 6.92 Å². The summed E-state index contributed by atoms with van der Waals surface area (Å²) >= 11 is 1.05. The van der Waals surface area contributed by atoms with Crippen molar-refractivity contribution < 1.29 is 14.3 Å². The van der Waals surface area contributed by atoms with Crippen LogP contribution in [-0.4, -0.2) is 27.2 Å². The van der Waals surface area contributed by atoms with Gasteiger partial charge < -0.3 is 4.74 Å². The van der Waals surface area contributed by atoms with E-state index < -0.39 is 6.10 Å². The van der Waals surface area contributed by atoms with E-state index in [1.807, 2.05) is 32.0 Å². The minimum atomic E-state index is -0.670. The Morgan fingerprint density at radius 2 is 1.91 bits per heavy atom. The number of hydrogen-bond acceptors (Lipinski definition) is 6. The maximum atomic E-state index is 12.2. The van der Waals surface area contributed by atoms with Crippen LogP contribution in [0.15, 0.2) is 18.2 Å². The van der Waals surface area contributed by atoms with E-state index in [-0.39, 0.29) is 18.1 Å². The molecule has 0 aliphatic rings. The van der Waals surface area contributed by atoms with Gasteiger partial charge in [0.15, 0.2) is 11.9 Å². The van der Waals surface area contributed by atoms with Crippen molar-refractivity contribution in [1.29, 1.82) is 0 Å². The number of benzene rings is 1. The van der Waals surface area contributed by atoms with Gasteiger partial charge >= 0.3 is 0 Å². The molecule has 1 heterocycles. The number of anilines is 1. The predicted octanol–water partition coefficient (Wildman–Crippen LogP) is 2.69. The zero-order chi connectivity index (χ0) is 17.0. The number of ether oxygens (including phenoxy) is 1. The van der Waals surface area contributed by atoms with E-state index in [9.17, 15) is 9.59 Å². The largest absolute Gasteiger partial charge is 0.481 e. The van der Waals surface area contributed by atoms with Gasteiger partial charge in [-0.05, 0) is 51.0 Å². The summed E-state index contributed by atoms with van der Waals surface area (Å²) in [6, 6.07) is 5.80. The Kier molecular flexibility index (Phi) is 5.44. The smallest absolute Gasteiger partial charge is 0.266 e. The number of Topliss-reactive ketones (excluding diaryl/α,β-unsaturated/α-hetero) is 1. The van der Waals surface area contributed by atoms with Gasteiger partial charge in [0.25, 0.3) is 5.91 Å². The van der Waals surface area contributed by atoms with Crippen LogP contribution in [0.2, 0.25) is 0 Å². The summed E-state index contributed by atoms with van der Waals surface area (Å²) in [5.41, 5.74) is 2.15. The molecule has 0 aliphatic heterocycles. The van der Waals surface area contributed by atoms with Crippen molar-refractivity contribution in [2.75, 3.05) is 5.32 Å². The van der Waals surface area contributed by atoms with Crippen molar-refractivity contribution in [3.05, 3.63) is 35.2 Å². The Morgan fingerprint density at radius 3 is 2.52 bits per heavy atom. The molecule has 1 amide bonds. The number of carbonyl (C=O) groups is 2. The van der Waals surface area contributed by atoms with Crippen LogP contribution in [0, 0.1) is 13.8 Å². The fourth-order valence-corrected chi connectivity index (χ4v) is 2.65. The fraction of sp³-hybridized carbons (Fsp3) is 0.375. The first-order valence-corrected chi connectivity index (χ1v) is 7.98. The van der Waals surface area contributed by atoms with Crippen LogP contribution in [0.3, 0.4) is 0 Å². The van der Waals surface area contributed by atoms with Crippen molar-refractivity contribution in [2.24, 2.45) is 0 Å². The van der Waals surface area contributed by atoms with Gasteiger partial charge in [-0.15, -0.1) is 0 Å². The van der Waals surface area contributed by atoms with Crippen molar-refractivity contribution in [1.82, 2.24) is 9.36 Å². The number of hydrogen-bond donors (Lipinski definition) is 1. The monoisotopic (exact) mass is 333 g/mol.